The Hall–Kier alpha value is -2.89. The van der Waals surface area contributed by atoms with Crippen molar-refractivity contribution in [2.24, 2.45) is 0 Å². The molecule has 1 saturated heterocycles. The Balaban J connectivity index is 1.55. The maximum absolute atomic E-state index is 12.7. The Morgan fingerprint density at radius 1 is 1.11 bits per heavy atom. The number of carbonyl (C=O) groups is 2. The zero-order valence-electron chi connectivity index (χ0n) is 16.3. The van der Waals surface area contributed by atoms with Crippen LogP contribution in [0.3, 0.4) is 0 Å². The lowest BCUT2D eigenvalue weighted by Crippen LogP contribution is -2.34. The number of nitrogens with one attached hydrogen (secondary N) is 1. The molecule has 3 rings (SSSR count). The van der Waals surface area contributed by atoms with Crippen molar-refractivity contribution in [3.63, 3.8) is 0 Å². The van der Waals surface area contributed by atoms with Crippen molar-refractivity contribution >= 4 is 17.7 Å². The summed E-state index contributed by atoms with van der Waals surface area (Å²) in [4.78, 5) is 31.0. The number of hydrogen-bond acceptors (Lipinski definition) is 5. The van der Waals surface area contributed by atoms with E-state index in [0.717, 1.165) is 37.3 Å². The minimum absolute atomic E-state index is 0.100. The van der Waals surface area contributed by atoms with Gasteiger partial charge in [-0.25, -0.2) is 9.78 Å². The van der Waals surface area contributed by atoms with Gasteiger partial charge in [-0.2, -0.15) is 0 Å². The van der Waals surface area contributed by atoms with Crippen LogP contribution in [-0.4, -0.2) is 43.1 Å². The van der Waals surface area contributed by atoms with Crippen LogP contribution in [0.5, 0.6) is 0 Å². The summed E-state index contributed by atoms with van der Waals surface area (Å²) in [6.07, 6.45) is 5.94. The Labute approximate surface area is 165 Å². The highest BCUT2D eigenvalue weighted by Gasteiger charge is 2.19. The molecule has 1 amide bonds. The zero-order valence-corrected chi connectivity index (χ0v) is 16.3. The van der Waals surface area contributed by atoms with Crippen LogP contribution in [0, 0.1) is 0 Å². The molecule has 0 atom stereocenters. The topological polar surface area (TPSA) is 71.5 Å². The predicted octanol–water partition coefficient (Wildman–Crippen LogP) is 3.22. The first kappa shape index (κ1) is 19.9. The number of nitrogens with zero attached hydrogens (tertiary/aromatic N) is 2. The molecule has 0 bridgehead atoms. The number of esters is 1. The first-order valence-electron chi connectivity index (χ1n) is 9.93. The number of amides is 1. The second kappa shape index (κ2) is 9.88. The van der Waals surface area contributed by atoms with Gasteiger partial charge < -0.3 is 15.0 Å². The fourth-order valence-electron chi connectivity index (χ4n) is 3.37. The molecule has 6 nitrogen and oxygen atoms in total. The molecule has 1 N–H and O–H groups in total. The molecule has 1 fully saturated rings. The van der Waals surface area contributed by atoms with Gasteiger partial charge in [-0.1, -0.05) is 12.1 Å². The molecule has 1 aromatic carbocycles. The van der Waals surface area contributed by atoms with Gasteiger partial charge in [-0.3, -0.25) is 4.79 Å². The van der Waals surface area contributed by atoms with Crippen LogP contribution in [0.1, 0.15) is 52.5 Å². The van der Waals surface area contributed by atoms with Crippen molar-refractivity contribution in [1.82, 2.24) is 10.3 Å². The highest BCUT2D eigenvalue weighted by molar-refractivity contribution is 5.98. The Bertz CT molecular complexity index is 799. The fraction of sp³-hybridized carbons (Fsp3) is 0.409. The Morgan fingerprint density at radius 2 is 1.86 bits per heavy atom. The summed E-state index contributed by atoms with van der Waals surface area (Å²) in [6.45, 7) is 4.56. The van der Waals surface area contributed by atoms with E-state index in [9.17, 15) is 9.59 Å². The van der Waals surface area contributed by atoms with Gasteiger partial charge in [-0.05, 0) is 62.4 Å². The second-order valence-electron chi connectivity index (χ2n) is 6.85. The van der Waals surface area contributed by atoms with Crippen LogP contribution in [0.2, 0.25) is 0 Å². The quantitative estimate of drug-likeness (QED) is 0.746. The summed E-state index contributed by atoms with van der Waals surface area (Å²) < 4.78 is 4.98. The van der Waals surface area contributed by atoms with E-state index >= 15 is 0 Å². The first-order chi connectivity index (χ1) is 13.7. The lowest BCUT2D eigenvalue weighted by molar-refractivity contribution is 0.0526. The van der Waals surface area contributed by atoms with E-state index in [1.54, 1.807) is 31.3 Å². The van der Waals surface area contributed by atoms with Crippen LogP contribution in [0.25, 0.3) is 0 Å². The van der Waals surface area contributed by atoms with Gasteiger partial charge in [0.2, 0.25) is 0 Å². The van der Waals surface area contributed by atoms with Crippen molar-refractivity contribution in [2.75, 3.05) is 31.1 Å². The monoisotopic (exact) mass is 381 g/mol. The Morgan fingerprint density at radius 3 is 2.57 bits per heavy atom. The summed E-state index contributed by atoms with van der Waals surface area (Å²) in [5.74, 6) is 0.361. The van der Waals surface area contributed by atoms with E-state index in [4.69, 9.17) is 4.74 Å². The number of pyridine rings is 1. The molecule has 2 heterocycles. The van der Waals surface area contributed by atoms with Gasteiger partial charge in [0, 0.05) is 25.8 Å². The molecule has 1 aromatic heterocycles. The van der Waals surface area contributed by atoms with E-state index in [1.165, 1.54) is 6.42 Å². The maximum Gasteiger partial charge on any atom is 0.338 e. The minimum atomic E-state index is -0.316. The molecule has 0 saturated carbocycles. The van der Waals surface area contributed by atoms with Crippen molar-refractivity contribution in [2.45, 2.75) is 32.6 Å². The molecular weight excluding hydrogens is 354 g/mol. The number of benzene rings is 1. The standard InChI is InChI=1S/C22H27N3O3/c1-2-28-22(27)18-10-8-17(9-11-18)12-14-24-21(26)19-7-6-13-23-20(19)25-15-4-3-5-16-25/h6-11,13H,2-5,12,14-16H2,1H3,(H,24,26). The molecule has 6 heteroatoms. The molecule has 0 unspecified atom stereocenters. The minimum Gasteiger partial charge on any atom is -0.462 e. The molecule has 148 valence electrons. The Kier molecular flexibility index (Phi) is 7.00. The number of piperidine rings is 1. The van der Waals surface area contributed by atoms with Crippen LogP contribution >= 0.6 is 0 Å². The number of hydrogen-bond donors (Lipinski definition) is 1. The summed E-state index contributed by atoms with van der Waals surface area (Å²) in [5, 5.41) is 2.99. The second-order valence-corrected chi connectivity index (χ2v) is 6.85. The van der Waals surface area contributed by atoms with Crippen LogP contribution in [0.15, 0.2) is 42.6 Å². The number of anilines is 1. The predicted molar refractivity (Wildman–Crippen MR) is 109 cm³/mol. The maximum atomic E-state index is 12.7. The van der Waals surface area contributed by atoms with E-state index in [0.29, 0.717) is 30.7 Å². The number of rotatable bonds is 7. The van der Waals surface area contributed by atoms with Gasteiger partial charge in [0.05, 0.1) is 17.7 Å². The first-order valence-corrected chi connectivity index (χ1v) is 9.93. The normalized spacial score (nSPS) is 13.8. The summed E-state index contributed by atoms with van der Waals surface area (Å²) in [6, 6.07) is 10.9. The highest BCUT2D eigenvalue weighted by atomic mass is 16.5. The fourth-order valence-corrected chi connectivity index (χ4v) is 3.37. The third-order valence-corrected chi connectivity index (χ3v) is 4.85. The molecule has 0 spiro atoms. The summed E-state index contributed by atoms with van der Waals surface area (Å²) in [5.41, 5.74) is 2.22. The molecule has 0 aliphatic carbocycles. The van der Waals surface area contributed by atoms with Crippen molar-refractivity contribution < 1.29 is 14.3 Å². The van der Waals surface area contributed by atoms with Gasteiger partial charge in [0.1, 0.15) is 5.82 Å². The van der Waals surface area contributed by atoms with Crippen molar-refractivity contribution in [3.05, 3.63) is 59.3 Å². The van der Waals surface area contributed by atoms with Gasteiger partial charge in [0.25, 0.3) is 5.91 Å². The smallest absolute Gasteiger partial charge is 0.338 e. The molecule has 2 aromatic rings. The van der Waals surface area contributed by atoms with Crippen LogP contribution < -0.4 is 10.2 Å². The molecule has 28 heavy (non-hydrogen) atoms. The summed E-state index contributed by atoms with van der Waals surface area (Å²) in [7, 11) is 0. The highest BCUT2D eigenvalue weighted by Crippen LogP contribution is 2.21. The number of aromatic nitrogens is 1. The van der Waals surface area contributed by atoms with Crippen molar-refractivity contribution in [3.8, 4) is 0 Å². The van der Waals surface area contributed by atoms with E-state index < -0.39 is 0 Å². The average molecular weight is 381 g/mol. The third-order valence-electron chi connectivity index (χ3n) is 4.85. The molecular formula is C22H27N3O3. The van der Waals surface area contributed by atoms with Gasteiger partial charge in [0.15, 0.2) is 0 Å². The van der Waals surface area contributed by atoms with E-state index in [2.05, 4.69) is 15.2 Å². The van der Waals surface area contributed by atoms with Crippen molar-refractivity contribution in [1.29, 1.82) is 0 Å². The summed E-state index contributed by atoms with van der Waals surface area (Å²) >= 11 is 0. The largest absolute Gasteiger partial charge is 0.462 e. The molecule has 1 aliphatic rings. The number of ether oxygens (including phenoxy) is 1. The van der Waals surface area contributed by atoms with E-state index in [-0.39, 0.29) is 11.9 Å². The zero-order chi connectivity index (χ0) is 19.8. The van der Waals surface area contributed by atoms with Gasteiger partial charge in [-0.15, -0.1) is 0 Å². The SMILES string of the molecule is CCOC(=O)c1ccc(CCNC(=O)c2cccnc2N2CCCCC2)cc1. The molecule has 0 radical (unpaired) electrons. The van der Waals surface area contributed by atoms with E-state index in [1.807, 2.05) is 18.2 Å². The molecule has 1 aliphatic heterocycles. The van der Waals surface area contributed by atoms with Gasteiger partial charge >= 0.3 is 5.97 Å². The van der Waals surface area contributed by atoms with Crippen LogP contribution in [0.4, 0.5) is 5.82 Å². The lowest BCUT2D eigenvalue weighted by Gasteiger charge is -2.29. The average Bonchev–Trinajstić information content (AvgIpc) is 2.75. The van der Waals surface area contributed by atoms with Crippen LogP contribution in [-0.2, 0) is 11.2 Å². The third kappa shape index (κ3) is 5.09. The number of carbonyl (C=O) groups excluding carboxylic acids is 2. The lowest BCUT2D eigenvalue weighted by atomic mass is 10.1.